The molecular formula is C29H34ClN5O. The number of pyridine rings is 1. The molecule has 0 fully saturated rings. The number of likely N-dealkylation sites (N-methyl/N-ethyl adjacent to an activating group) is 2. The van der Waals surface area contributed by atoms with Crippen LogP contribution in [0.25, 0.3) is 5.65 Å². The van der Waals surface area contributed by atoms with Gasteiger partial charge in [0.05, 0.1) is 5.69 Å². The number of anilines is 2. The molecule has 0 radical (unpaired) electrons. The molecule has 36 heavy (non-hydrogen) atoms. The lowest BCUT2D eigenvalue weighted by Crippen LogP contribution is -2.33. The highest BCUT2D eigenvalue weighted by molar-refractivity contribution is 6.30. The van der Waals surface area contributed by atoms with Gasteiger partial charge in [-0.25, -0.2) is 4.98 Å². The molecule has 0 saturated carbocycles. The molecule has 2 aromatic heterocycles. The number of rotatable bonds is 10. The van der Waals surface area contributed by atoms with Crippen LogP contribution in [0.15, 0.2) is 66.9 Å². The molecule has 2 heterocycles. The summed E-state index contributed by atoms with van der Waals surface area (Å²) in [6.45, 7) is 9.39. The highest BCUT2D eigenvalue weighted by atomic mass is 35.5. The number of carbonyl (C=O) groups is 1. The van der Waals surface area contributed by atoms with Crippen LogP contribution in [-0.2, 0) is 13.0 Å². The minimum absolute atomic E-state index is 0.104. The molecule has 1 N–H and O–H groups in total. The molecule has 0 atom stereocenters. The molecule has 0 aliphatic rings. The number of carbonyl (C=O) groups excluding carboxylic acids is 1. The molecule has 1 amide bonds. The quantitative estimate of drug-likeness (QED) is 0.299. The van der Waals surface area contributed by atoms with Crippen LogP contribution in [0, 0.1) is 6.92 Å². The molecular weight excluding hydrogens is 470 g/mol. The summed E-state index contributed by atoms with van der Waals surface area (Å²) < 4.78 is 1.89. The number of imidazole rings is 1. The molecule has 0 bridgehead atoms. The number of halogens is 1. The lowest BCUT2D eigenvalue weighted by Gasteiger charge is -2.27. The predicted octanol–water partition coefficient (Wildman–Crippen LogP) is 5.75. The van der Waals surface area contributed by atoms with Gasteiger partial charge in [-0.1, -0.05) is 36.7 Å². The van der Waals surface area contributed by atoms with E-state index in [0.29, 0.717) is 18.7 Å². The van der Waals surface area contributed by atoms with Crippen molar-refractivity contribution in [1.82, 2.24) is 14.7 Å². The average Bonchev–Trinajstić information content (AvgIpc) is 3.26. The SMILES string of the molecule is CCc1nc2ccc(C)cn2c1C(=O)NCc1ccc(N(C)CCN(CC)c2ccc(Cl)cc2)cc1. The van der Waals surface area contributed by atoms with Gasteiger partial charge in [-0.2, -0.15) is 0 Å². The Morgan fingerprint density at radius 3 is 2.33 bits per heavy atom. The van der Waals surface area contributed by atoms with Crippen molar-refractivity contribution < 1.29 is 4.79 Å². The van der Waals surface area contributed by atoms with E-state index < -0.39 is 0 Å². The molecule has 4 rings (SSSR count). The maximum atomic E-state index is 13.1. The van der Waals surface area contributed by atoms with Crippen LogP contribution in [-0.4, -0.2) is 42.0 Å². The minimum atomic E-state index is -0.104. The van der Waals surface area contributed by atoms with Crippen LogP contribution in [0.4, 0.5) is 11.4 Å². The van der Waals surface area contributed by atoms with Crippen LogP contribution >= 0.6 is 11.6 Å². The summed E-state index contributed by atoms with van der Waals surface area (Å²) in [4.78, 5) is 22.3. The van der Waals surface area contributed by atoms with Crippen LogP contribution in [0.5, 0.6) is 0 Å². The third-order valence-electron chi connectivity index (χ3n) is 6.50. The average molecular weight is 504 g/mol. The first-order valence-corrected chi connectivity index (χ1v) is 12.8. The molecule has 188 valence electrons. The Kier molecular flexibility index (Phi) is 8.16. The summed E-state index contributed by atoms with van der Waals surface area (Å²) in [6.07, 6.45) is 2.67. The number of aromatic nitrogens is 2. The largest absolute Gasteiger partial charge is 0.373 e. The zero-order valence-corrected chi connectivity index (χ0v) is 22.2. The number of benzene rings is 2. The van der Waals surface area contributed by atoms with Gasteiger partial charge in [0.2, 0.25) is 0 Å². The van der Waals surface area contributed by atoms with Gasteiger partial charge in [-0.15, -0.1) is 0 Å². The monoisotopic (exact) mass is 503 g/mol. The topological polar surface area (TPSA) is 52.9 Å². The first-order valence-electron chi connectivity index (χ1n) is 12.5. The van der Waals surface area contributed by atoms with E-state index in [2.05, 4.69) is 70.5 Å². The Labute approximate surface area is 218 Å². The molecule has 0 aliphatic heterocycles. The molecule has 0 spiro atoms. The van der Waals surface area contributed by atoms with Gasteiger partial charge in [0.25, 0.3) is 5.91 Å². The van der Waals surface area contributed by atoms with Gasteiger partial charge in [0.15, 0.2) is 0 Å². The van der Waals surface area contributed by atoms with Crippen molar-refractivity contribution in [3.05, 3.63) is 94.4 Å². The van der Waals surface area contributed by atoms with Gasteiger partial charge in [0.1, 0.15) is 11.3 Å². The van der Waals surface area contributed by atoms with Crippen molar-refractivity contribution in [2.45, 2.75) is 33.7 Å². The van der Waals surface area contributed by atoms with E-state index in [1.165, 1.54) is 5.69 Å². The van der Waals surface area contributed by atoms with Gasteiger partial charge >= 0.3 is 0 Å². The number of aryl methyl sites for hydroxylation is 2. The Balaban J connectivity index is 1.35. The smallest absolute Gasteiger partial charge is 0.270 e. The molecule has 4 aromatic rings. The van der Waals surface area contributed by atoms with Crippen LogP contribution in [0.2, 0.25) is 5.02 Å². The van der Waals surface area contributed by atoms with Crippen LogP contribution in [0.3, 0.4) is 0 Å². The highest BCUT2D eigenvalue weighted by Crippen LogP contribution is 2.19. The van der Waals surface area contributed by atoms with Crippen LogP contribution in [0.1, 0.15) is 41.2 Å². The fourth-order valence-electron chi connectivity index (χ4n) is 4.34. The third-order valence-corrected chi connectivity index (χ3v) is 6.75. The molecule has 0 unspecified atom stereocenters. The van der Waals surface area contributed by atoms with Gasteiger partial charge in [-0.3, -0.25) is 9.20 Å². The van der Waals surface area contributed by atoms with Crippen LogP contribution < -0.4 is 15.1 Å². The van der Waals surface area contributed by atoms with E-state index in [-0.39, 0.29) is 5.91 Å². The zero-order chi connectivity index (χ0) is 25.7. The Bertz CT molecular complexity index is 1310. The molecule has 2 aromatic carbocycles. The van der Waals surface area contributed by atoms with Gasteiger partial charge < -0.3 is 15.1 Å². The second-order valence-corrected chi connectivity index (χ2v) is 9.46. The summed E-state index contributed by atoms with van der Waals surface area (Å²) in [5.74, 6) is -0.104. The van der Waals surface area contributed by atoms with E-state index in [0.717, 1.165) is 52.8 Å². The minimum Gasteiger partial charge on any atom is -0.373 e. The number of amides is 1. The fourth-order valence-corrected chi connectivity index (χ4v) is 4.47. The second kappa shape index (κ2) is 11.5. The number of hydrogen-bond donors (Lipinski definition) is 1. The van der Waals surface area contributed by atoms with Crippen molar-refractivity contribution in [1.29, 1.82) is 0 Å². The van der Waals surface area contributed by atoms with Gasteiger partial charge in [-0.05, 0) is 73.9 Å². The Hall–Kier alpha value is -3.51. The van der Waals surface area contributed by atoms with Gasteiger partial charge in [0, 0.05) is 55.8 Å². The second-order valence-electron chi connectivity index (χ2n) is 9.02. The van der Waals surface area contributed by atoms with Crippen molar-refractivity contribution in [2.24, 2.45) is 0 Å². The standard InChI is InChI=1S/C29H34ClN5O/c1-5-26-28(35-20-21(3)7-16-27(35)32-26)29(36)31-19-22-8-12-24(13-9-22)33(4)17-18-34(6-2)25-14-10-23(30)11-15-25/h7-16,20H,5-6,17-19H2,1-4H3,(H,31,36). The molecule has 0 saturated heterocycles. The molecule has 6 nitrogen and oxygen atoms in total. The summed E-state index contributed by atoms with van der Waals surface area (Å²) in [6, 6.07) is 20.3. The fraction of sp³-hybridized carbons (Fsp3) is 0.310. The summed E-state index contributed by atoms with van der Waals surface area (Å²) in [5, 5.41) is 3.83. The Morgan fingerprint density at radius 1 is 0.972 bits per heavy atom. The summed E-state index contributed by atoms with van der Waals surface area (Å²) >= 11 is 6.03. The lowest BCUT2D eigenvalue weighted by atomic mass is 10.2. The maximum absolute atomic E-state index is 13.1. The number of fused-ring (bicyclic) bond motifs is 1. The summed E-state index contributed by atoms with van der Waals surface area (Å²) in [7, 11) is 2.10. The van der Waals surface area contributed by atoms with E-state index >= 15 is 0 Å². The third kappa shape index (κ3) is 5.82. The van der Waals surface area contributed by atoms with Crippen molar-refractivity contribution in [3.8, 4) is 0 Å². The Morgan fingerprint density at radius 2 is 1.67 bits per heavy atom. The lowest BCUT2D eigenvalue weighted by molar-refractivity contribution is 0.0944. The van der Waals surface area contributed by atoms with E-state index in [9.17, 15) is 4.79 Å². The van der Waals surface area contributed by atoms with Crippen molar-refractivity contribution in [2.75, 3.05) is 36.5 Å². The number of nitrogens with zero attached hydrogens (tertiary/aromatic N) is 4. The summed E-state index contributed by atoms with van der Waals surface area (Å²) in [5.41, 5.74) is 6.69. The van der Waals surface area contributed by atoms with Crippen molar-refractivity contribution >= 4 is 34.5 Å². The maximum Gasteiger partial charge on any atom is 0.270 e. The normalized spacial score (nSPS) is 11.0. The zero-order valence-electron chi connectivity index (χ0n) is 21.5. The first kappa shape index (κ1) is 25.6. The van der Waals surface area contributed by atoms with E-state index in [1.54, 1.807) is 0 Å². The predicted molar refractivity (Wildman–Crippen MR) is 150 cm³/mol. The first-order chi connectivity index (χ1) is 17.4. The molecule has 0 aliphatic carbocycles. The number of hydrogen-bond acceptors (Lipinski definition) is 4. The molecule has 7 heteroatoms. The van der Waals surface area contributed by atoms with Crippen molar-refractivity contribution in [3.63, 3.8) is 0 Å². The van der Waals surface area contributed by atoms with E-state index in [1.807, 2.05) is 48.7 Å². The highest BCUT2D eigenvalue weighted by Gasteiger charge is 2.18. The van der Waals surface area contributed by atoms with E-state index in [4.69, 9.17) is 11.6 Å². The number of nitrogens with one attached hydrogen (secondary N) is 1.